The molecule has 9 nitrogen and oxygen atoms in total. The lowest BCUT2D eigenvalue weighted by atomic mass is 10.3. The summed E-state index contributed by atoms with van der Waals surface area (Å²) in [5.74, 6) is 0.659. The highest BCUT2D eigenvalue weighted by Crippen LogP contribution is 2.09. The molecule has 2 aromatic heterocycles. The first-order valence-electron chi connectivity index (χ1n) is 8.33. The molecule has 0 saturated carbocycles. The molecule has 1 saturated heterocycles. The molecule has 0 aromatic carbocycles. The van der Waals surface area contributed by atoms with Gasteiger partial charge < -0.3 is 16.0 Å². The van der Waals surface area contributed by atoms with Gasteiger partial charge in [-0.25, -0.2) is 19.9 Å². The van der Waals surface area contributed by atoms with Crippen molar-refractivity contribution in [1.82, 2.24) is 30.2 Å². The molecule has 1 amide bonds. The number of aromatic nitrogens is 4. The van der Waals surface area contributed by atoms with E-state index in [-0.39, 0.29) is 17.4 Å². The molecule has 0 aliphatic carbocycles. The monoisotopic (exact) mass is 342 g/mol. The van der Waals surface area contributed by atoms with E-state index in [1.807, 2.05) is 6.07 Å². The molecule has 0 unspecified atom stereocenters. The summed E-state index contributed by atoms with van der Waals surface area (Å²) >= 11 is 0. The standard InChI is InChI=1S/C16H22N8O/c17-14-13(18-6-7-19-14)15(25)20-5-2-8-23-9-11-24(12-10-23)16-21-3-1-4-22-16/h1,3-4,6-7H,2,5,8-12H2,(H2,17,19)(H,20,25). The Kier molecular flexibility index (Phi) is 5.68. The van der Waals surface area contributed by atoms with Crippen LogP contribution >= 0.6 is 0 Å². The summed E-state index contributed by atoms with van der Waals surface area (Å²) < 4.78 is 0. The zero-order valence-electron chi connectivity index (χ0n) is 14.0. The number of nitrogens with two attached hydrogens (primary N) is 1. The van der Waals surface area contributed by atoms with Gasteiger partial charge >= 0.3 is 0 Å². The number of carbonyl (C=O) groups is 1. The summed E-state index contributed by atoms with van der Waals surface area (Å²) in [7, 11) is 0. The molecule has 1 aliphatic rings. The molecule has 0 atom stereocenters. The van der Waals surface area contributed by atoms with Crippen LogP contribution in [0.3, 0.4) is 0 Å². The quantitative estimate of drug-likeness (QED) is 0.694. The Balaban J connectivity index is 1.35. The van der Waals surface area contributed by atoms with E-state index in [1.54, 1.807) is 12.4 Å². The van der Waals surface area contributed by atoms with Crippen LogP contribution in [0.2, 0.25) is 0 Å². The van der Waals surface area contributed by atoms with Crippen molar-refractivity contribution in [2.75, 3.05) is 49.9 Å². The van der Waals surface area contributed by atoms with Crippen LogP contribution in [-0.4, -0.2) is 70.0 Å². The third-order valence-corrected chi connectivity index (χ3v) is 4.09. The number of hydrogen-bond acceptors (Lipinski definition) is 8. The maximum absolute atomic E-state index is 12.0. The van der Waals surface area contributed by atoms with Crippen LogP contribution in [0.5, 0.6) is 0 Å². The number of amides is 1. The van der Waals surface area contributed by atoms with Gasteiger partial charge in [0.2, 0.25) is 5.95 Å². The molecule has 3 N–H and O–H groups in total. The largest absolute Gasteiger partial charge is 0.382 e. The second-order valence-electron chi connectivity index (χ2n) is 5.78. The van der Waals surface area contributed by atoms with Gasteiger partial charge in [-0.1, -0.05) is 0 Å². The molecule has 2 aromatic rings. The summed E-state index contributed by atoms with van der Waals surface area (Å²) in [6, 6.07) is 1.82. The molecule has 132 valence electrons. The van der Waals surface area contributed by atoms with Gasteiger partial charge in [0, 0.05) is 57.5 Å². The van der Waals surface area contributed by atoms with Gasteiger partial charge in [-0.3, -0.25) is 9.69 Å². The van der Waals surface area contributed by atoms with Crippen molar-refractivity contribution in [3.8, 4) is 0 Å². The zero-order valence-corrected chi connectivity index (χ0v) is 14.0. The number of hydrogen-bond donors (Lipinski definition) is 2. The number of nitrogens with zero attached hydrogens (tertiary/aromatic N) is 6. The van der Waals surface area contributed by atoms with E-state index in [4.69, 9.17) is 5.73 Å². The molecule has 3 rings (SSSR count). The topological polar surface area (TPSA) is 113 Å². The molecular formula is C16H22N8O. The number of nitrogen functional groups attached to an aromatic ring is 1. The first-order chi connectivity index (χ1) is 12.2. The second kappa shape index (κ2) is 8.34. The SMILES string of the molecule is Nc1nccnc1C(=O)NCCCN1CCN(c2ncccn2)CC1. The number of anilines is 2. The predicted molar refractivity (Wildman–Crippen MR) is 94.1 cm³/mol. The van der Waals surface area contributed by atoms with Crippen LogP contribution < -0.4 is 16.0 Å². The fourth-order valence-electron chi connectivity index (χ4n) is 2.74. The summed E-state index contributed by atoms with van der Waals surface area (Å²) in [6.45, 7) is 5.25. The fraction of sp³-hybridized carbons (Fsp3) is 0.438. The highest BCUT2D eigenvalue weighted by Gasteiger charge is 2.18. The van der Waals surface area contributed by atoms with E-state index in [2.05, 4.69) is 35.1 Å². The minimum atomic E-state index is -0.281. The second-order valence-corrected chi connectivity index (χ2v) is 5.78. The van der Waals surface area contributed by atoms with Gasteiger partial charge in [-0.05, 0) is 19.0 Å². The molecule has 9 heteroatoms. The third kappa shape index (κ3) is 4.60. The number of carbonyl (C=O) groups excluding carboxylic acids is 1. The summed E-state index contributed by atoms with van der Waals surface area (Å²) in [5, 5.41) is 2.84. The normalized spacial score (nSPS) is 15.1. The lowest BCUT2D eigenvalue weighted by Gasteiger charge is -2.34. The number of piperazine rings is 1. The van der Waals surface area contributed by atoms with Crippen molar-refractivity contribution in [3.05, 3.63) is 36.5 Å². The average Bonchev–Trinajstić information content (AvgIpc) is 2.66. The molecule has 1 aliphatic heterocycles. The smallest absolute Gasteiger partial charge is 0.273 e. The maximum atomic E-state index is 12.0. The van der Waals surface area contributed by atoms with Crippen LogP contribution in [0, 0.1) is 0 Å². The number of rotatable bonds is 6. The highest BCUT2D eigenvalue weighted by atomic mass is 16.1. The van der Waals surface area contributed by atoms with Crippen LogP contribution in [-0.2, 0) is 0 Å². The average molecular weight is 342 g/mol. The number of nitrogens with one attached hydrogen (secondary N) is 1. The van der Waals surface area contributed by atoms with E-state index in [0.717, 1.165) is 45.1 Å². The van der Waals surface area contributed by atoms with Crippen LogP contribution in [0.25, 0.3) is 0 Å². The van der Waals surface area contributed by atoms with Crippen LogP contribution in [0.4, 0.5) is 11.8 Å². The van der Waals surface area contributed by atoms with E-state index < -0.39 is 0 Å². The van der Waals surface area contributed by atoms with E-state index >= 15 is 0 Å². The van der Waals surface area contributed by atoms with Crippen molar-refractivity contribution in [2.45, 2.75) is 6.42 Å². The van der Waals surface area contributed by atoms with Gasteiger partial charge in [-0.15, -0.1) is 0 Å². The summed E-state index contributed by atoms with van der Waals surface area (Å²) in [6.07, 6.45) is 7.32. The lowest BCUT2D eigenvalue weighted by molar-refractivity contribution is 0.0947. The summed E-state index contributed by atoms with van der Waals surface area (Å²) in [4.78, 5) is 32.9. The minimum Gasteiger partial charge on any atom is -0.382 e. The van der Waals surface area contributed by atoms with Gasteiger partial charge in [-0.2, -0.15) is 0 Å². The van der Waals surface area contributed by atoms with E-state index in [9.17, 15) is 4.79 Å². The molecule has 0 spiro atoms. The fourth-order valence-corrected chi connectivity index (χ4v) is 2.74. The van der Waals surface area contributed by atoms with Crippen molar-refractivity contribution in [1.29, 1.82) is 0 Å². The van der Waals surface area contributed by atoms with E-state index in [0.29, 0.717) is 6.54 Å². The lowest BCUT2D eigenvalue weighted by Crippen LogP contribution is -2.47. The molecule has 0 radical (unpaired) electrons. The summed E-state index contributed by atoms with van der Waals surface area (Å²) in [5.41, 5.74) is 5.83. The maximum Gasteiger partial charge on any atom is 0.273 e. The first kappa shape index (κ1) is 17.0. The first-order valence-corrected chi connectivity index (χ1v) is 8.33. The van der Waals surface area contributed by atoms with E-state index in [1.165, 1.54) is 12.4 Å². The van der Waals surface area contributed by atoms with Crippen molar-refractivity contribution >= 4 is 17.7 Å². The molecular weight excluding hydrogens is 320 g/mol. The predicted octanol–water partition coefficient (Wildman–Crippen LogP) is -0.209. The van der Waals surface area contributed by atoms with Crippen LogP contribution in [0.1, 0.15) is 16.9 Å². The van der Waals surface area contributed by atoms with Gasteiger partial charge in [0.15, 0.2) is 11.5 Å². The third-order valence-electron chi connectivity index (χ3n) is 4.09. The minimum absolute atomic E-state index is 0.152. The van der Waals surface area contributed by atoms with Crippen LogP contribution in [0.15, 0.2) is 30.9 Å². The molecule has 25 heavy (non-hydrogen) atoms. The van der Waals surface area contributed by atoms with Crippen molar-refractivity contribution < 1.29 is 4.79 Å². The Labute approximate surface area is 146 Å². The Hall–Kier alpha value is -2.81. The van der Waals surface area contributed by atoms with Gasteiger partial charge in [0.25, 0.3) is 5.91 Å². The highest BCUT2D eigenvalue weighted by molar-refractivity contribution is 5.96. The molecule has 0 bridgehead atoms. The Morgan fingerprint density at radius 2 is 1.76 bits per heavy atom. The Morgan fingerprint density at radius 3 is 2.48 bits per heavy atom. The van der Waals surface area contributed by atoms with Crippen molar-refractivity contribution in [2.24, 2.45) is 0 Å². The molecule has 1 fully saturated rings. The van der Waals surface area contributed by atoms with Gasteiger partial charge in [0.05, 0.1) is 0 Å². The van der Waals surface area contributed by atoms with Crippen molar-refractivity contribution in [3.63, 3.8) is 0 Å². The zero-order chi connectivity index (χ0) is 17.5. The van der Waals surface area contributed by atoms with Gasteiger partial charge in [0.1, 0.15) is 0 Å². The Morgan fingerprint density at radius 1 is 1.04 bits per heavy atom. The Bertz CT molecular complexity index is 688. The molecule has 3 heterocycles.